The zero-order chi connectivity index (χ0) is 29.2. The van der Waals surface area contributed by atoms with Gasteiger partial charge in [0.2, 0.25) is 5.95 Å². The number of pyridine rings is 1. The van der Waals surface area contributed by atoms with E-state index < -0.39 is 23.1 Å². The standard InChI is InChI=1S/C32H21F2N7O/c1-19-16-23(12-11-21(19)18-35)38-32-36-14-13-26(39-32)29-27-10-2-3-15-41(27)40-30(29)20-6-4-7-22(17-20)37-31(42)28-24(33)8-5-9-25(28)34/h2-17H,1H3,(H,37,42)(H,36,38,39). The summed E-state index contributed by atoms with van der Waals surface area (Å²) in [5, 5.41) is 19.8. The number of rotatable bonds is 6. The highest BCUT2D eigenvalue weighted by Gasteiger charge is 2.20. The van der Waals surface area contributed by atoms with Gasteiger partial charge in [-0.25, -0.2) is 23.3 Å². The second kappa shape index (κ2) is 10.9. The maximum Gasteiger partial charge on any atom is 0.261 e. The maximum atomic E-state index is 14.2. The Hall–Kier alpha value is -5.95. The number of hydrogen-bond acceptors (Lipinski definition) is 6. The number of aromatic nitrogens is 4. The second-order valence-corrected chi connectivity index (χ2v) is 9.42. The molecule has 0 aliphatic carbocycles. The second-order valence-electron chi connectivity index (χ2n) is 9.42. The summed E-state index contributed by atoms with van der Waals surface area (Å²) in [6, 6.07) is 25.1. The number of anilines is 3. The molecule has 3 aromatic carbocycles. The van der Waals surface area contributed by atoms with E-state index in [4.69, 9.17) is 10.1 Å². The molecule has 0 atom stereocenters. The van der Waals surface area contributed by atoms with Crippen LogP contribution in [0.25, 0.3) is 28.0 Å². The van der Waals surface area contributed by atoms with Crippen LogP contribution in [0.3, 0.4) is 0 Å². The van der Waals surface area contributed by atoms with E-state index in [-0.39, 0.29) is 0 Å². The van der Waals surface area contributed by atoms with Crippen LogP contribution in [0.5, 0.6) is 0 Å². The fourth-order valence-corrected chi connectivity index (χ4v) is 4.66. The molecule has 0 aliphatic rings. The number of amides is 1. The molecule has 1 amide bonds. The number of hydrogen-bond donors (Lipinski definition) is 2. The smallest absolute Gasteiger partial charge is 0.261 e. The van der Waals surface area contributed by atoms with Gasteiger partial charge in [-0.15, -0.1) is 0 Å². The van der Waals surface area contributed by atoms with E-state index in [2.05, 4.69) is 21.7 Å². The summed E-state index contributed by atoms with van der Waals surface area (Å²) in [6.45, 7) is 1.86. The number of benzene rings is 3. The number of aryl methyl sites for hydroxylation is 1. The Balaban J connectivity index is 1.38. The van der Waals surface area contributed by atoms with Crippen LogP contribution < -0.4 is 10.6 Å². The third-order valence-electron chi connectivity index (χ3n) is 6.64. The average molecular weight is 558 g/mol. The van der Waals surface area contributed by atoms with Crippen molar-refractivity contribution < 1.29 is 13.6 Å². The topological polar surface area (TPSA) is 108 Å². The van der Waals surface area contributed by atoms with Crippen molar-refractivity contribution in [3.05, 3.63) is 126 Å². The van der Waals surface area contributed by atoms with Crippen molar-refractivity contribution in [3.8, 4) is 28.6 Å². The van der Waals surface area contributed by atoms with Crippen molar-refractivity contribution in [1.29, 1.82) is 5.26 Å². The number of nitriles is 1. The molecule has 0 unspecified atom stereocenters. The van der Waals surface area contributed by atoms with Crippen molar-refractivity contribution in [2.24, 2.45) is 0 Å². The van der Waals surface area contributed by atoms with E-state index in [1.807, 2.05) is 43.5 Å². The highest BCUT2D eigenvalue weighted by Crippen LogP contribution is 2.35. The van der Waals surface area contributed by atoms with Crippen LogP contribution in [0.4, 0.5) is 26.1 Å². The quantitative estimate of drug-likeness (QED) is 0.230. The fourth-order valence-electron chi connectivity index (χ4n) is 4.66. The van der Waals surface area contributed by atoms with E-state index >= 15 is 0 Å². The van der Waals surface area contributed by atoms with Gasteiger partial charge in [0, 0.05) is 29.3 Å². The zero-order valence-corrected chi connectivity index (χ0v) is 22.1. The summed E-state index contributed by atoms with van der Waals surface area (Å²) in [6.07, 6.45) is 3.45. The number of halogens is 2. The molecular formula is C32H21F2N7O. The van der Waals surface area contributed by atoms with Crippen LogP contribution in [0.1, 0.15) is 21.5 Å². The first kappa shape index (κ1) is 26.3. The number of nitrogens with zero attached hydrogens (tertiary/aromatic N) is 5. The highest BCUT2D eigenvalue weighted by molar-refractivity contribution is 6.05. The van der Waals surface area contributed by atoms with E-state index in [1.54, 1.807) is 47.1 Å². The highest BCUT2D eigenvalue weighted by atomic mass is 19.1. The predicted molar refractivity (Wildman–Crippen MR) is 155 cm³/mol. The van der Waals surface area contributed by atoms with Crippen LogP contribution in [0.2, 0.25) is 0 Å². The molecular weight excluding hydrogens is 536 g/mol. The Morgan fingerprint density at radius 2 is 1.74 bits per heavy atom. The number of nitrogens with one attached hydrogen (secondary N) is 2. The molecule has 204 valence electrons. The number of carbonyl (C=O) groups excluding carboxylic acids is 1. The minimum atomic E-state index is -0.948. The lowest BCUT2D eigenvalue weighted by molar-refractivity contribution is 0.101. The molecule has 6 aromatic rings. The minimum absolute atomic E-state index is 0.337. The number of fused-ring (bicyclic) bond motifs is 1. The van der Waals surface area contributed by atoms with Crippen LogP contribution >= 0.6 is 0 Å². The molecule has 3 aromatic heterocycles. The van der Waals surface area contributed by atoms with Gasteiger partial charge in [0.25, 0.3) is 5.91 Å². The molecule has 3 heterocycles. The summed E-state index contributed by atoms with van der Waals surface area (Å²) in [5.41, 5.74) is 5.16. The monoisotopic (exact) mass is 557 g/mol. The van der Waals surface area contributed by atoms with Crippen molar-refractivity contribution in [3.63, 3.8) is 0 Å². The first-order chi connectivity index (χ1) is 20.4. The Morgan fingerprint density at radius 1 is 0.929 bits per heavy atom. The van der Waals surface area contributed by atoms with Crippen molar-refractivity contribution >= 4 is 28.7 Å². The molecule has 0 saturated heterocycles. The summed E-state index contributed by atoms with van der Waals surface area (Å²) in [7, 11) is 0. The molecule has 6 rings (SSSR count). The average Bonchev–Trinajstić information content (AvgIpc) is 3.37. The van der Waals surface area contributed by atoms with Crippen LogP contribution in [0.15, 0.2) is 97.3 Å². The van der Waals surface area contributed by atoms with Gasteiger partial charge in [-0.2, -0.15) is 10.4 Å². The van der Waals surface area contributed by atoms with Gasteiger partial charge in [-0.05, 0) is 73.2 Å². The van der Waals surface area contributed by atoms with Gasteiger partial charge < -0.3 is 10.6 Å². The molecule has 2 N–H and O–H groups in total. The van der Waals surface area contributed by atoms with Gasteiger partial charge >= 0.3 is 0 Å². The Morgan fingerprint density at radius 3 is 2.52 bits per heavy atom. The zero-order valence-electron chi connectivity index (χ0n) is 22.1. The third-order valence-corrected chi connectivity index (χ3v) is 6.64. The van der Waals surface area contributed by atoms with Gasteiger partial charge in [0.1, 0.15) is 22.9 Å². The molecule has 42 heavy (non-hydrogen) atoms. The molecule has 0 fully saturated rings. The van der Waals surface area contributed by atoms with Crippen LogP contribution in [0, 0.1) is 29.9 Å². The Bertz CT molecular complexity index is 2010. The Labute approximate surface area is 238 Å². The van der Waals surface area contributed by atoms with Crippen molar-refractivity contribution in [2.75, 3.05) is 10.6 Å². The first-order valence-electron chi connectivity index (χ1n) is 12.9. The lowest BCUT2D eigenvalue weighted by Crippen LogP contribution is -2.15. The van der Waals surface area contributed by atoms with Crippen molar-refractivity contribution in [2.45, 2.75) is 6.92 Å². The molecule has 0 spiro atoms. The summed E-state index contributed by atoms with van der Waals surface area (Å²) in [4.78, 5) is 21.8. The van der Waals surface area contributed by atoms with Gasteiger partial charge in [0.05, 0.1) is 28.4 Å². The molecule has 10 heteroatoms. The van der Waals surface area contributed by atoms with Crippen LogP contribution in [-0.2, 0) is 0 Å². The number of carbonyl (C=O) groups is 1. The minimum Gasteiger partial charge on any atom is -0.324 e. The summed E-state index contributed by atoms with van der Waals surface area (Å²) in [5.74, 6) is -2.44. The lowest BCUT2D eigenvalue weighted by Gasteiger charge is -2.10. The molecule has 8 nitrogen and oxygen atoms in total. The summed E-state index contributed by atoms with van der Waals surface area (Å²) >= 11 is 0. The Kier molecular flexibility index (Phi) is 6.82. The van der Waals surface area contributed by atoms with E-state index in [1.165, 1.54) is 6.07 Å². The predicted octanol–water partition coefficient (Wildman–Crippen LogP) is 6.91. The van der Waals surface area contributed by atoms with Crippen LogP contribution in [-0.4, -0.2) is 25.5 Å². The third kappa shape index (κ3) is 5.02. The molecule has 0 radical (unpaired) electrons. The molecule has 0 saturated carbocycles. The van der Waals surface area contributed by atoms with Gasteiger partial charge in [0.15, 0.2) is 0 Å². The maximum absolute atomic E-state index is 14.2. The molecule has 0 bridgehead atoms. The van der Waals surface area contributed by atoms with E-state index in [0.717, 1.165) is 34.5 Å². The largest absolute Gasteiger partial charge is 0.324 e. The molecule has 0 aliphatic heterocycles. The van der Waals surface area contributed by atoms with Crippen molar-refractivity contribution in [1.82, 2.24) is 19.6 Å². The summed E-state index contributed by atoms with van der Waals surface area (Å²) < 4.78 is 30.1. The first-order valence-corrected chi connectivity index (χ1v) is 12.9. The van der Waals surface area contributed by atoms with Gasteiger partial charge in [-0.3, -0.25) is 4.79 Å². The van der Waals surface area contributed by atoms with Gasteiger partial charge in [-0.1, -0.05) is 24.3 Å². The fraction of sp³-hybridized carbons (Fsp3) is 0.0312. The lowest BCUT2D eigenvalue weighted by atomic mass is 10.0. The normalized spacial score (nSPS) is 10.8. The van der Waals surface area contributed by atoms with E-state index in [0.29, 0.717) is 34.2 Å². The SMILES string of the molecule is Cc1cc(Nc2nccc(-c3c(-c4cccc(NC(=O)c5c(F)cccc5F)c4)nn4ccccc34)n2)ccc1C#N. The van der Waals surface area contributed by atoms with E-state index in [9.17, 15) is 18.8 Å².